The summed E-state index contributed by atoms with van der Waals surface area (Å²) in [5.74, 6) is 0.778. The number of nitrogens with one attached hydrogen (secondary N) is 1. The zero-order valence-corrected chi connectivity index (χ0v) is 8.80. The van der Waals surface area contributed by atoms with Crippen molar-refractivity contribution < 1.29 is 9.15 Å². The number of hydrogen-bond acceptors (Lipinski definition) is 6. The Bertz CT molecular complexity index is 469. The number of ether oxygens (including phenoxy) is 1. The lowest BCUT2D eigenvalue weighted by Crippen LogP contribution is -1.94. The second kappa shape index (κ2) is 4.52. The van der Waals surface area contributed by atoms with Crippen LogP contribution in [0.25, 0.3) is 0 Å². The molecule has 84 valence electrons. The molecule has 2 rings (SSSR count). The number of nitrogen functional groups attached to an aromatic ring is 1. The molecule has 6 heteroatoms. The lowest BCUT2D eigenvalue weighted by molar-refractivity contribution is 0.340. The van der Waals surface area contributed by atoms with E-state index in [4.69, 9.17) is 14.9 Å². The maximum absolute atomic E-state index is 5.36. The predicted octanol–water partition coefficient (Wildman–Crippen LogP) is 1.79. The highest BCUT2D eigenvalue weighted by Gasteiger charge is 2.03. The average molecular weight is 220 g/mol. The van der Waals surface area contributed by atoms with Crippen LogP contribution < -0.4 is 15.8 Å². The third-order valence-corrected chi connectivity index (χ3v) is 1.84. The fraction of sp³-hybridized carbons (Fsp3) is 0.200. The molecule has 16 heavy (non-hydrogen) atoms. The Kier molecular flexibility index (Phi) is 2.90. The Morgan fingerprint density at radius 2 is 2.31 bits per heavy atom. The Labute approximate surface area is 92.4 Å². The largest absolute Gasteiger partial charge is 0.494 e. The van der Waals surface area contributed by atoms with Gasteiger partial charge in [-0.25, -0.2) is 0 Å². The molecular formula is C10H12N4O2. The highest BCUT2D eigenvalue weighted by molar-refractivity contribution is 5.54. The first-order chi connectivity index (χ1) is 7.78. The standard InChI is InChI=1S/C10H12N4O2/c1-2-15-8-5-3-4-7(6-8)12-10-14-13-9(11)16-10/h3-6H,2H2,1H3,(H2,11,13)(H,12,14). The molecule has 1 aromatic carbocycles. The summed E-state index contributed by atoms with van der Waals surface area (Å²) in [6, 6.07) is 7.73. The van der Waals surface area contributed by atoms with Gasteiger partial charge in [-0.05, 0) is 19.1 Å². The molecule has 3 N–H and O–H groups in total. The molecule has 0 atom stereocenters. The summed E-state index contributed by atoms with van der Waals surface area (Å²) in [6.07, 6.45) is 0. The summed E-state index contributed by atoms with van der Waals surface area (Å²) in [5, 5.41) is 10.2. The Morgan fingerprint density at radius 1 is 1.44 bits per heavy atom. The number of aromatic nitrogens is 2. The van der Waals surface area contributed by atoms with Crippen LogP contribution in [0.4, 0.5) is 17.7 Å². The summed E-state index contributed by atoms with van der Waals surface area (Å²) in [7, 11) is 0. The molecule has 0 aliphatic heterocycles. The monoisotopic (exact) mass is 220 g/mol. The normalized spacial score (nSPS) is 10.1. The van der Waals surface area contributed by atoms with E-state index in [2.05, 4.69) is 15.5 Å². The zero-order chi connectivity index (χ0) is 11.4. The van der Waals surface area contributed by atoms with Crippen molar-refractivity contribution in [3.63, 3.8) is 0 Å². The van der Waals surface area contributed by atoms with Gasteiger partial charge in [0.1, 0.15) is 5.75 Å². The van der Waals surface area contributed by atoms with Crippen molar-refractivity contribution in [3.8, 4) is 5.75 Å². The zero-order valence-electron chi connectivity index (χ0n) is 8.80. The summed E-state index contributed by atoms with van der Waals surface area (Å²) in [4.78, 5) is 0. The molecule has 0 unspecified atom stereocenters. The van der Waals surface area contributed by atoms with Crippen LogP contribution in [0.3, 0.4) is 0 Å². The minimum absolute atomic E-state index is 0.0310. The molecule has 0 aliphatic rings. The van der Waals surface area contributed by atoms with Crippen molar-refractivity contribution in [2.45, 2.75) is 6.92 Å². The lowest BCUT2D eigenvalue weighted by Gasteiger charge is -2.05. The van der Waals surface area contributed by atoms with Crippen molar-refractivity contribution >= 4 is 17.7 Å². The van der Waals surface area contributed by atoms with E-state index in [9.17, 15) is 0 Å². The fourth-order valence-electron chi connectivity index (χ4n) is 1.24. The third kappa shape index (κ3) is 2.41. The van der Waals surface area contributed by atoms with Crippen LogP contribution in [0.15, 0.2) is 28.7 Å². The Balaban J connectivity index is 2.12. The molecule has 0 spiro atoms. The van der Waals surface area contributed by atoms with E-state index in [0.29, 0.717) is 6.61 Å². The lowest BCUT2D eigenvalue weighted by atomic mass is 10.3. The first-order valence-electron chi connectivity index (χ1n) is 4.87. The van der Waals surface area contributed by atoms with Crippen LogP contribution in [-0.2, 0) is 0 Å². The van der Waals surface area contributed by atoms with Gasteiger partial charge in [0, 0.05) is 11.8 Å². The Hall–Kier alpha value is -2.24. The molecule has 0 aliphatic carbocycles. The molecule has 1 aromatic heterocycles. The van der Waals surface area contributed by atoms with Gasteiger partial charge >= 0.3 is 12.0 Å². The minimum Gasteiger partial charge on any atom is -0.494 e. The van der Waals surface area contributed by atoms with Crippen LogP contribution in [0.1, 0.15) is 6.92 Å². The highest BCUT2D eigenvalue weighted by atomic mass is 16.5. The predicted molar refractivity (Wildman–Crippen MR) is 59.6 cm³/mol. The summed E-state index contributed by atoms with van der Waals surface area (Å²) in [6.45, 7) is 2.55. The van der Waals surface area contributed by atoms with Gasteiger partial charge in [0.15, 0.2) is 0 Å². The van der Waals surface area contributed by atoms with E-state index >= 15 is 0 Å². The fourth-order valence-corrected chi connectivity index (χ4v) is 1.24. The second-order valence-corrected chi connectivity index (χ2v) is 3.03. The molecule has 0 fully saturated rings. The van der Waals surface area contributed by atoms with Crippen molar-refractivity contribution in [2.75, 3.05) is 17.7 Å². The van der Waals surface area contributed by atoms with Gasteiger partial charge in [-0.2, -0.15) is 0 Å². The molecule has 1 heterocycles. The number of nitrogens with two attached hydrogens (primary N) is 1. The van der Waals surface area contributed by atoms with E-state index in [1.165, 1.54) is 0 Å². The van der Waals surface area contributed by atoms with E-state index in [1.807, 2.05) is 31.2 Å². The van der Waals surface area contributed by atoms with Gasteiger partial charge in [-0.15, -0.1) is 0 Å². The van der Waals surface area contributed by atoms with Crippen LogP contribution in [0.2, 0.25) is 0 Å². The van der Waals surface area contributed by atoms with Gasteiger partial charge < -0.3 is 20.2 Å². The first kappa shape index (κ1) is 10.3. The maximum Gasteiger partial charge on any atom is 0.321 e. The second-order valence-electron chi connectivity index (χ2n) is 3.03. The number of anilines is 3. The molecular weight excluding hydrogens is 208 g/mol. The molecule has 0 amide bonds. The van der Waals surface area contributed by atoms with Gasteiger partial charge in [0.2, 0.25) is 0 Å². The van der Waals surface area contributed by atoms with Gasteiger partial charge in [0.25, 0.3) is 0 Å². The summed E-state index contributed by atoms with van der Waals surface area (Å²) >= 11 is 0. The van der Waals surface area contributed by atoms with Crippen molar-refractivity contribution in [1.29, 1.82) is 0 Å². The van der Waals surface area contributed by atoms with Gasteiger partial charge in [0.05, 0.1) is 6.61 Å². The quantitative estimate of drug-likeness (QED) is 0.816. The summed E-state index contributed by atoms with van der Waals surface area (Å²) in [5.41, 5.74) is 6.11. The van der Waals surface area contributed by atoms with E-state index in [-0.39, 0.29) is 12.0 Å². The van der Waals surface area contributed by atoms with Crippen LogP contribution in [-0.4, -0.2) is 16.8 Å². The number of rotatable bonds is 4. The molecule has 0 radical (unpaired) electrons. The number of nitrogens with zero attached hydrogens (tertiary/aromatic N) is 2. The van der Waals surface area contributed by atoms with Crippen LogP contribution in [0.5, 0.6) is 5.75 Å². The van der Waals surface area contributed by atoms with Crippen LogP contribution in [0, 0.1) is 0 Å². The average Bonchev–Trinajstić information content (AvgIpc) is 2.65. The SMILES string of the molecule is CCOc1cccc(Nc2nnc(N)o2)c1. The molecule has 0 saturated carbocycles. The minimum atomic E-state index is 0.0310. The van der Waals surface area contributed by atoms with E-state index < -0.39 is 0 Å². The molecule has 0 saturated heterocycles. The molecule has 0 bridgehead atoms. The first-order valence-corrected chi connectivity index (χ1v) is 4.87. The van der Waals surface area contributed by atoms with Gasteiger partial charge in [-0.3, -0.25) is 0 Å². The topological polar surface area (TPSA) is 86.2 Å². The van der Waals surface area contributed by atoms with E-state index in [1.54, 1.807) is 0 Å². The smallest absolute Gasteiger partial charge is 0.321 e. The molecule has 6 nitrogen and oxygen atoms in total. The Morgan fingerprint density at radius 3 is 3.00 bits per heavy atom. The van der Waals surface area contributed by atoms with Crippen molar-refractivity contribution in [3.05, 3.63) is 24.3 Å². The highest BCUT2D eigenvalue weighted by Crippen LogP contribution is 2.20. The number of hydrogen-bond donors (Lipinski definition) is 2. The number of benzene rings is 1. The van der Waals surface area contributed by atoms with Crippen molar-refractivity contribution in [1.82, 2.24) is 10.2 Å². The van der Waals surface area contributed by atoms with Crippen molar-refractivity contribution in [2.24, 2.45) is 0 Å². The third-order valence-electron chi connectivity index (χ3n) is 1.84. The van der Waals surface area contributed by atoms with Gasteiger partial charge in [-0.1, -0.05) is 16.3 Å². The van der Waals surface area contributed by atoms with Crippen LogP contribution >= 0.6 is 0 Å². The summed E-state index contributed by atoms with van der Waals surface area (Å²) < 4.78 is 10.3. The maximum atomic E-state index is 5.36. The van der Waals surface area contributed by atoms with E-state index in [0.717, 1.165) is 11.4 Å². The molecule has 2 aromatic rings.